The lowest BCUT2D eigenvalue weighted by Crippen LogP contribution is -2.44. The number of fused-ring (bicyclic) bond motifs is 3. The van der Waals surface area contributed by atoms with Gasteiger partial charge in [-0.05, 0) is 19.2 Å². The molecule has 0 spiro atoms. The van der Waals surface area contributed by atoms with Gasteiger partial charge in [-0.2, -0.15) is 4.31 Å². The van der Waals surface area contributed by atoms with Gasteiger partial charge in [0.2, 0.25) is 10.0 Å². The van der Waals surface area contributed by atoms with Crippen molar-refractivity contribution in [2.45, 2.75) is 10.9 Å². The molecule has 0 saturated carbocycles. The van der Waals surface area contributed by atoms with Crippen molar-refractivity contribution in [1.29, 1.82) is 0 Å². The lowest BCUT2D eigenvalue weighted by molar-refractivity contribution is 0.0727. The zero-order valence-electron chi connectivity index (χ0n) is 11.9. The molecule has 3 rings (SSSR count). The predicted octanol–water partition coefficient (Wildman–Crippen LogP) is 0.777. The Hall–Kier alpha value is -1.02. The van der Waals surface area contributed by atoms with E-state index in [4.69, 9.17) is 4.74 Å². The predicted molar refractivity (Wildman–Crippen MR) is 75.9 cm³/mol. The van der Waals surface area contributed by atoms with Crippen LogP contribution in [0.15, 0.2) is 29.2 Å². The minimum atomic E-state index is -3.81. The number of ether oxygens (including phenoxy) is 1. The van der Waals surface area contributed by atoms with E-state index in [1.807, 2.05) is 7.05 Å². The van der Waals surface area contributed by atoms with Gasteiger partial charge in [0.15, 0.2) is 0 Å². The Morgan fingerprint density at radius 2 is 1.95 bits per heavy atom. The van der Waals surface area contributed by atoms with Crippen LogP contribution in [0.3, 0.4) is 0 Å². The number of halogens is 1. The van der Waals surface area contributed by atoms with E-state index in [0.717, 1.165) is 6.54 Å². The Morgan fingerprint density at radius 3 is 2.71 bits per heavy atom. The van der Waals surface area contributed by atoms with Crippen molar-refractivity contribution in [3.8, 4) is 0 Å². The van der Waals surface area contributed by atoms with Crippen molar-refractivity contribution < 1.29 is 17.5 Å². The van der Waals surface area contributed by atoms with Crippen LogP contribution in [-0.2, 0) is 14.8 Å². The third-order valence-electron chi connectivity index (χ3n) is 4.16. The molecule has 0 aromatic heterocycles. The summed E-state index contributed by atoms with van der Waals surface area (Å²) in [7, 11) is -1.83. The smallest absolute Gasteiger partial charge is 0.246 e. The van der Waals surface area contributed by atoms with Gasteiger partial charge in [-0.25, -0.2) is 12.8 Å². The van der Waals surface area contributed by atoms with Crippen molar-refractivity contribution in [2.75, 3.05) is 39.9 Å². The van der Waals surface area contributed by atoms with Gasteiger partial charge in [-0.1, -0.05) is 12.1 Å². The molecular weight excluding hydrogens is 295 g/mol. The summed E-state index contributed by atoms with van der Waals surface area (Å²) >= 11 is 0. The fourth-order valence-corrected chi connectivity index (χ4v) is 4.61. The molecule has 0 unspecified atom stereocenters. The zero-order chi connectivity index (χ0) is 15.0. The highest BCUT2D eigenvalue weighted by atomic mass is 32.2. The monoisotopic (exact) mass is 314 g/mol. The average Bonchev–Trinajstić information content (AvgIpc) is 2.67. The highest BCUT2D eigenvalue weighted by molar-refractivity contribution is 7.89. The van der Waals surface area contributed by atoms with Crippen LogP contribution in [-0.4, -0.2) is 63.6 Å². The van der Waals surface area contributed by atoms with Gasteiger partial charge in [-0.3, -0.25) is 4.90 Å². The highest BCUT2D eigenvalue weighted by Crippen LogP contribution is 2.25. The lowest BCUT2D eigenvalue weighted by Gasteiger charge is -2.29. The molecule has 1 aromatic rings. The first kappa shape index (κ1) is 14.9. The molecule has 2 saturated heterocycles. The molecule has 21 heavy (non-hydrogen) atoms. The van der Waals surface area contributed by atoms with E-state index < -0.39 is 15.8 Å². The van der Waals surface area contributed by atoms with E-state index in [-0.39, 0.29) is 16.9 Å². The maximum absolute atomic E-state index is 13.9. The van der Waals surface area contributed by atoms with Crippen LogP contribution < -0.4 is 0 Å². The summed E-state index contributed by atoms with van der Waals surface area (Å²) < 4.78 is 46.3. The number of hydrogen-bond donors (Lipinski definition) is 0. The fourth-order valence-electron chi connectivity index (χ4n) is 3.00. The summed E-state index contributed by atoms with van der Waals surface area (Å²) in [5.74, 6) is -0.583. The van der Waals surface area contributed by atoms with Crippen molar-refractivity contribution in [3.63, 3.8) is 0 Å². The van der Waals surface area contributed by atoms with Crippen molar-refractivity contribution in [1.82, 2.24) is 9.21 Å². The van der Waals surface area contributed by atoms with Crippen LogP contribution in [0, 0.1) is 11.7 Å². The van der Waals surface area contributed by atoms with Gasteiger partial charge in [0, 0.05) is 31.6 Å². The van der Waals surface area contributed by atoms with Crippen LogP contribution >= 0.6 is 0 Å². The average molecular weight is 314 g/mol. The van der Waals surface area contributed by atoms with E-state index >= 15 is 0 Å². The topological polar surface area (TPSA) is 49.9 Å². The van der Waals surface area contributed by atoms with E-state index in [9.17, 15) is 12.8 Å². The van der Waals surface area contributed by atoms with Gasteiger partial charge >= 0.3 is 0 Å². The summed E-state index contributed by atoms with van der Waals surface area (Å²) in [4.78, 5) is 1.89. The van der Waals surface area contributed by atoms with Crippen molar-refractivity contribution >= 4 is 10.0 Å². The van der Waals surface area contributed by atoms with Gasteiger partial charge < -0.3 is 4.74 Å². The summed E-state index contributed by atoms with van der Waals surface area (Å²) in [6, 6.07) is 5.56. The first-order valence-electron chi connectivity index (χ1n) is 7.01. The summed E-state index contributed by atoms with van der Waals surface area (Å²) in [6.45, 7) is 2.57. The molecule has 0 aliphatic carbocycles. The highest BCUT2D eigenvalue weighted by Gasteiger charge is 2.37. The molecule has 2 aliphatic heterocycles. The Balaban J connectivity index is 1.94. The third kappa shape index (κ3) is 2.83. The summed E-state index contributed by atoms with van der Waals surface area (Å²) in [5, 5.41) is 0. The molecule has 1 aromatic carbocycles. The van der Waals surface area contributed by atoms with Crippen molar-refractivity contribution in [3.05, 3.63) is 30.1 Å². The Labute approximate surface area is 124 Å². The van der Waals surface area contributed by atoms with Gasteiger partial charge in [0.1, 0.15) is 10.7 Å². The van der Waals surface area contributed by atoms with Crippen LogP contribution in [0.25, 0.3) is 0 Å². The number of sulfonamides is 1. The number of nitrogens with zero attached hydrogens (tertiary/aromatic N) is 2. The number of hydrogen-bond acceptors (Lipinski definition) is 4. The lowest BCUT2D eigenvalue weighted by atomic mass is 10.1. The van der Waals surface area contributed by atoms with E-state index in [0.29, 0.717) is 26.3 Å². The second-order valence-electron chi connectivity index (χ2n) is 5.75. The molecule has 116 valence electrons. The molecule has 0 N–H and O–H groups in total. The molecule has 2 heterocycles. The minimum Gasteiger partial charge on any atom is -0.379 e. The molecule has 0 radical (unpaired) electrons. The van der Waals surface area contributed by atoms with E-state index in [1.165, 1.54) is 22.5 Å². The largest absolute Gasteiger partial charge is 0.379 e. The van der Waals surface area contributed by atoms with Gasteiger partial charge in [-0.15, -0.1) is 0 Å². The first-order valence-corrected chi connectivity index (χ1v) is 8.45. The van der Waals surface area contributed by atoms with E-state index in [2.05, 4.69) is 4.90 Å². The molecular formula is C14H19FN2O3S. The standard InChI is InChI=1S/C14H19FN2O3S/c1-16-6-11-7-17(8-12(16)10-20-9-11)21(18,19)14-5-3-2-4-13(14)15/h2-5,11-12H,6-10H2,1H3/t11-,12+/m1/s1. The molecule has 2 aliphatic rings. The second kappa shape index (κ2) is 5.64. The Kier molecular flexibility index (Phi) is 4.00. The van der Waals surface area contributed by atoms with Crippen molar-refractivity contribution in [2.24, 2.45) is 5.92 Å². The van der Waals surface area contributed by atoms with Crippen LogP contribution in [0.1, 0.15) is 0 Å². The quantitative estimate of drug-likeness (QED) is 0.809. The minimum absolute atomic E-state index is 0.0130. The zero-order valence-corrected chi connectivity index (χ0v) is 12.7. The van der Waals surface area contributed by atoms with Gasteiger partial charge in [0.25, 0.3) is 0 Å². The second-order valence-corrected chi connectivity index (χ2v) is 7.66. The van der Waals surface area contributed by atoms with Crippen LogP contribution in [0.5, 0.6) is 0 Å². The molecule has 2 bridgehead atoms. The number of likely N-dealkylation sites (N-methyl/N-ethyl adjacent to an activating group) is 1. The maximum atomic E-state index is 13.9. The summed E-state index contributed by atoms with van der Waals surface area (Å²) in [6.07, 6.45) is 0. The number of rotatable bonds is 2. The third-order valence-corrected chi connectivity index (χ3v) is 6.03. The molecule has 2 atom stereocenters. The SMILES string of the molecule is CN1C[C@H]2COC[C@@H]1CN(S(=O)(=O)c1ccccc1F)C2. The Bertz CT molecular complexity index is 622. The Morgan fingerprint density at radius 1 is 1.19 bits per heavy atom. The van der Waals surface area contributed by atoms with Crippen LogP contribution in [0.2, 0.25) is 0 Å². The van der Waals surface area contributed by atoms with Gasteiger partial charge in [0.05, 0.1) is 13.2 Å². The van der Waals surface area contributed by atoms with Crippen LogP contribution in [0.4, 0.5) is 4.39 Å². The first-order chi connectivity index (χ1) is 9.98. The number of benzene rings is 1. The summed E-state index contributed by atoms with van der Waals surface area (Å²) in [5.41, 5.74) is 0. The molecule has 5 nitrogen and oxygen atoms in total. The fraction of sp³-hybridized carbons (Fsp3) is 0.571. The van der Waals surface area contributed by atoms with E-state index in [1.54, 1.807) is 6.07 Å². The molecule has 7 heteroatoms. The normalized spacial score (nSPS) is 28.3. The molecule has 0 amide bonds. The molecule has 2 fully saturated rings. The maximum Gasteiger partial charge on any atom is 0.246 e.